The molecule has 2 heterocycles. The second-order valence-corrected chi connectivity index (χ2v) is 5.66. The van der Waals surface area contributed by atoms with Crippen molar-refractivity contribution in [3.05, 3.63) is 28.6 Å². The van der Waals surface area contributed by atoms with Crippen molar-refractivity contribution in [1.82, 2.24) is 9.88 Å². The molecule has 1 atom stereocenters. The Hall–Kier alpha value is -1.66. The standard InChI is InChI=1S/C15H18N2O3S/c1-2-19-9-10-5-6-17(8-10)14(18)11-3-4-13-12(7-11)16-15(21)20-13/h3-4,7,10H,2,5-6,8-9H2,1H3,(H,16,21)/t10-/m0/s1. The fourth-order valence-corrected chi connectivity index (χ4v) is 2.91. The highest BCUT2D eigenvalue weighted by molar-refractivity contribution is 7.71. The molecule has 112 valence electrons. The van der Waals surface area contributed by atoms with Crippen molar-refractivity contribution in [3.63, 3.8) is 0 Å². The molecule has 1 saturated heterocycles. The van der Waals surface area contributed by atoms with Gasteiger partial charge in [-0.1, -0.05) is 0 Å². The van der Waals surface area contributed by atoms with Gasteiger partial charge < -0.3 is 19.0 Å². The molecule has 0 unspecified atom stereocenters. The summed E-state index contributed by atoms with van der Waals surface area (Å²) in [5, 5.41) is 0. The molecule has 1 aromatic heterocycles. The molecule has 0 aliphatic carbocycles. The first-order valence-electron chi connectivity index (χ1n) is 7.17. The number of carbonyl (C=O) groups is 1. The Morgan fingerprint density at radius 3 is 3.24 bits per heavy atom. The maximum Gasteiger partial charge on any atom is 0.266 e. The van der Waals surface area contributed by atoms with E-state index in [1.165, 1.54) is 0 Å². The van der Waals surface area contributed by atoms with E-state index in [0.717, 1.165) is 38.2 Å². The minimum atomic E-state index is 0.0522. The number of nitrogens with zero attached hydrogens (tertiary/aromatic N) is 1. The van der Waals surface area contributed by atoms with Crippen LogP contribution >= 0.6 is 12.2 Å². The fraction of sp³-hybridized carbons (Fsp3) is 0.467. The Morgan fingerprint density at radius 2 is 2.43 bits per heavy atom. The zero-order valence-corrected chi connectivity index (χ0v) is 12.7. The number of ether oxygens (including phenoxy) is 1. The van der Waals surface area contributed by atoms with E-state index in [-0.39, 0.29) is 5.91 Å². The number of fused-ring (bicyclic) bond motifs is 1. The Kier molecular flexibility index (Phi) is 4.07. The first-order valence-corrected chi connectivity index (χ1v) is 7.58. The maximum absolute atomic E-state index is 12.5. The lowest BCUT2D eigenvalue weighted by Crippen LogP contribution is -2.29. The number of aromatic nitrogens is 1. The third kappa shape index (κ3) is 3.01. The first-order chi connectivity index (χ1) is 10.2. The topological polar surface area (TPSA) is 58.5 Å². The van der Waals surface area contributed by atoms with Crippen molar-refractivity contribution in [2.24, 2.45) is 5.92 Å². The molecule has 0 bridgehead atoms. The van der Waals surface area contributed by atoms with Crippen LogP contribution in [-0.2, 0) is 4.74 Å². The third-order valence-electron chi connectivity index (χ3n) is 3.80. The van der Waals surface area contributed by atoms with Gasteiger partial charge in [0.2, 0.25) is 0 Å². The summed E-state index contributed by atoms with van der Waals surface area (Å²) >= 11 is 4.95. The van der Waals surface area contributed by atoms with Gasteiger partial charge in [-0.15, -0.1) is 0 Å². The van der Waals surface area contributed by atoms with Crippen LogP contribution in [0.1, 0.15) is 23.7 Å². The van der Waals surface area contributed by atoms with Crippen LogP contribution in [0, 0.1) is 10.8 Å². The van der Waals surface area contributed by atoms with Gasteiger partial charge in [-0.05, 0) is 43.8 Å². The summed E-state index contributed by atoms with van der Waals surface area (Å²) in [6.07, 6.45) is 1.00. The van der Waals surface area contributed by atoms with E-state index >= 15 is 0 Å². The number of carbonyl (C=O) groups excluding carboxylic acids is 1. The third-order valence-corrected chi connectivity index (χ3v) is 3.98. The van der Waals surface area contributed by atoms with E-state index in [1.54, 1.807) is 18.2 Å². The lowest BCUT2D eigenvalue weighted by molar-refractivity contribution is 0.0763. The zero-order chi connectivity index (χ0) is 14.8. The van der Waals surface area contributed by atoms with Gasteiger partial charge in [0.25, 0.3) is 10.7 Å². The van der Waals surface area contributed by atoms with Gasteiger partial charge in [0.05, 0.1) is 12.1 Å². The summed E-state index contributed by atoms with van der Waals surface area (Å²) < 4.78 is 10.8. The molecule has 1 amide bonds. The number of hydrogen-bond acceptors (Lipinski definition) is 4. The maximum atomic E-state index is 12.5. The van der Waals surface area contributed by atoms with Crippen LogP contribution < -0.4 is 0 Å². The van der Waals surface area contributed by atoms with Crippen LogP contribution in [0.3, 0.4) is 0 Å². The lowest BCUT2D eigenvalue weighted by Gasteiger charge is -2.16. The summed E-state index contributed by atoms with van der Waals surface area (Å²) in [5.41, 5.74) is 2.09. The van der Waals surface area contributed by atoms with Crippen molar-refractivity contribution in [2.45, 2.75) is 13.3 Å². The highest BCUT2D eigenvalue weighted by Gasteiger charge is 2.27. The van der Waals surface area contributed by atoms with Gasteiger partial charge in [-0.3, -0.25) is 4.79 Å². The SMILES string of the molecule is CCOC[C@H]1CCN(C(=O)c2ccc3oc(=S)[nH]c3c2)C1. The minimum absolute atomic E-state index is 0.0522. The smallest absolute Gasteiger partial charge is 0.266 e. The second-order valence-electron chi connectivity index (χ2n) is 5.29. The number of likely N-dealkylation sites (tertiary alicyclic amines) is 1. The fourth-order valence-electron chi connectivity index (χ4n) is 2.71. The van der Waals surface area contributed by atoms with E-state index in [4.69, 9.17) is 21.4 Å². The van der Waals surface area contributed by atoms with E-state index in [1.807, 2.05) is 11.8 Å². The molecule has 21 heavy (non-hydrogen) atoms. The van der Waals surface area contributed by atoms with Gasteiger partial charge in [0, 0.05) is 31.2 Å². The summed E-state index contributed by atoms with van der Waals surface area (Å²) in [5.74, 6) is 0.494. The molecule has 1 N–H and O–H groups in total. The van der Waals surface area contributed by atoms with E-state index in [0.29, 0.717) is 21.9 Å². The molecule has 1 aliphatic heterocycles. The molecule has 6 heteroatoms. The molecule has 0 radical (unpaired) electrons. The highest BCUT2D eigenvalue weighted by Crippen LogP contribution is 2.21. The van der Waals surface area contributed by atoms with E-state index < -0.39 is 0 Å². The van der Waals surface area contributed by atoms with Crippen molar-refractivity contribution in [3.8, 4) is 0 Å². The van der Waals surface area contributed by atoms with Crippen molar-refractivity contribution in [1.29, 1.82) is 0 Å². The highest BCUT2D eigenvalue weighted by atomic mass is 32.1. The predicted octanol–water partition coefficient (Wildman–Crippen LogP) is 2.99. The van der Waals surface area contributed by atoms with Crippen LogP contribution in [0.5, 0.6) is 0 Å². The average Bonchev–Trinajstić information content (AvgIpc) is 3.08. The molecule has 1 fully saturated rings. The number of rotatable bonds is 4. The zero-order valence-electron chi connectivity index (χ0n) is 11.9. The molecule has 0 spiro atoms. The number of aromatic amines is 1. The molecule has 5 nitrogen and oxygen atoms in total. The summed E-state index contributed by atoms with van der Waals surface area (Å²) in [6, 6.07) is 5.36. The minimum Gasteiger partial charge on any atom is -0.429 e. The number of nitrogens with one attached hydrogen (secondary N) is 1. The number of benzene rings is 1. The molecular weight excluding hydrogens is 288 g/mol. The molecule has 1 aromatic carbocycles. The largest absolute Gasteiger partial charge is 0.429 e. The Bertz CT molecular complexity index is 706. The molecular formula is C15H18N2O3S. The molecule has 1 aliphatic rings. The Morgan fingerprint density at radius 1 is 1.57 bits per heavy atom. The van der Waals surface area contributed by atoms with Crippen molar-refractivity contribution in [2.75, 3.05) is 26.3 Å². The van der Waals surface area contributed by atoms with Crippen LogP contribution in [0.25, 0.3) is 11.1 Å². The average molecular weight is 306 g/mol. The van der Waals surface area contributed by atoms with Gasteiger partial charge in [0.1, 0.15) is 0 Å². The van der Waals surface area contributed by atoms with Gasteiger partial charge >= 0.3 is 0 Å². The lowest BCUT2D eigenvalue weighted by atomic mass is 10.1. The Balaban J connectivity index is 1.73. The van der Waals surface area contributed by atoms with Gasteiger partial charge in [0.15, 0.2) is 5.58 Å². The monoisotopic (exact) mass is 306 g/mol. The Labute approximate surface area is 127 Å². The summed E-state index contributed by atoms with van der Waals surface area (Å²) in [4.78, 5) is 17.7. The van der Waals surface area contributed by atoms with Crippen LogP contribution in [0.15, 0.2) is 22.6 Å². The van der Waals surface area contributed by atoms with E-state index in [9.17, 15) is 4.79 Å². The van der Waals surface area contributed by atoms with Crippen LogP contribution in [-0.4, -0.2) is 42.1 Å². The van der Waals surface area contributed by atoms with Gasteiger partial charge in [-0.25, -0.2) is 0 Å². The van der Waals surface area contributed by atoms with Crippen molar-refractivity contribution < 1.29 is 13.9 Å². The summed E-state index contributed by atoms with van der Waals surface area (Å²) in [6.45, 7) is 4.99. The van der Waals surface area contributed by atoms with Crippen LogP contribution in [0.2, 0.25) is 0 Å². The van der Waals surface area contributed by atoms with Crippen molar-refractivity contribution >= 4 is 29.2 Å². The summed E-state index contributed by atoms with van der Waals surface area (Å²) in [7, 11) is 0. The second kappa shape index (κ2) is 5.99. The quantitative estimate of drug-likeness (QED) is 0.882. The number of oxazole rings is 1. The predicted molar refractivity (Wildman–Crippen MR) is 81.9 cm³/mol. The number of amides is 1. The van der Waals surface area contributed by atoms with E-state index in [2.05, 4.69) is 4.98 Å². The molecule has 0 saturated carbocycles. The molecule has 3 rings (SSSR count). The normalized spacial score (nSPS) is 18.5. The first kappa shape index (κ1) is 14.3. The van der Waals surface area contributed by atoms with Gasteiger partial charge in [-0.2, -0.15) is 0 Å². The van der Waals surface area contributed by atoms with Crippen LogP contribution in [0.4, 0.5) is 0 Å². The number of H-pyrrole nitrogens is 1. The number of hydrogen-bond donors (Lipinski definition) is 1. The molecule has 2 aromatic rings.